The van der Waals surface area contributed by atoms with Crippen molar-refractivity contribution >= 4 is 28.1 Å². The molecule has 0 aromatic heterocycles. The molecule has 1 aromatic rings. The third-order valence-corrected chi connectivity index (χ3v) is 7.31. The minimum Gasteiger partial charge on any atom is -0.496 e. The molecule has 0 radical (unpaired) electrons. The maximum Gasteiger partial charge on any atom is 0.126 e. The lowest BCUT2D eigenvalue weighted by Gasteiger charge is -2.31. The van der Waals surface area contributed by atoms with E-state index in [1.807, 2.05) is 7.05 Å². The highest BCUT2D eigenvalue weighted by atomic mass is 32.2. The first-order chi connectivity index (χ1) is 13.9. The number of methoxy groups -OCH3 is 1. The van der Waals surface area contributed by atoms with E-state index in [-0.39, 0.29) is 6.04 Å². The summed E-state index contributed by atoms with van der Waals surface area (Å²) in [5.74, 6) is 0.904. The molecule has 2 bridgehead atoms. The Labute approximate surface area is 179 Å². The molecule has 2 aliphatic rings. The van der Waals surface area contributed by atoms with Gasteiger partial charge in [0.1, 0.15) is 10.8 Å². The summed E-state index contributed by atoms with van der Waals surface area (Å²) in [6.07, 6.45) is 4.69. The fourth-order valence-corrected chi connectivity index (χ4v) is 4.92. The molecule has 0 saturated carbocycles. The van der Waals surface area contributed by atoms with Gasteiger partial charge in [-0.2, -0.15) is 5.10 Å². The number of nitrogens with one attached hydrogen (secondary N) is 1. The van der Waals surface area contributed by atoms with Crippen LogP contribution in [0.1, 0.15) is 50.7 Å². The van der Waals surface area contributed by atoms with Gasteiger partial charge in [-0.1, -0.05) is 23.9 Å². The second kappa shape index (κ2) is 9.92. The van der Waals surface area contributed by atoms with Gasteiger partial charge in [0.25, 0.3) is 0 Å². The molecule has 5 nitrogen and oxygen atoms in total. The molecule has 0 spiro atoms. The number of hydrogen-bond donors (Lipinski definition) is 1. The number of piperidine rings is 1. The largest absolute Gasteiger partial charge is 0.496 e. The summed E-state index contributed by atoms with van der Waals surface area (Å²) in [7, 11) is 5.93. The van der Waals surface area contributed by atoms with Crippen molar-refractivity contribution in [1.82, 2.24) is 10.2 Å². The normalized spacial score (nSPS) is 24.0. The Morgan fingerprint density at radius 1 is 1.31 bits per heavy atom. The molecule has 2 aliphatic heterocycles. The molecular formula is C23H34N4OS. The second-order valence-corrected chi connectivity index (χ2v) is 9.09. The van der Waals surface area contributed by atoms with Gasteiger partial charge in [0.05, 0.1) is 13.2 Å². The number of benzene rings is 1. The van der Waals surface area contributed by atoms with Crippen LogP contribution in [0.4, 0.5) is 0 Å². The molecule has 1 N–H and O–H groups in total. The molecule has 0 aliphatic carbocycles. The maximum atomic E-state index is 5.57. The molecule has 29 heavy (non-hydrogen) atoms. The van der Waals surface area contributed by atoms with E-state index < -0.39 is 0 Å². The smallest absolute Gasteiger partial charge is 0.126 e. The van der Waals surface area contributed by atoms with Gasteiger partial charge in [-0.25, -0.2) is 0 Å². The van der Waals surface area contributed by atoms with Crippen LogP contribution < -0.4 is 10.1 Å². The Kier molecular flexibility index (Phi) is 7.55. The Morgan fingerprint density at radius 3 is 2.62 bits per heavy atom. The van der Waals surface area contributed by atoms with Crippen LogP contribution in [-0.2, 0) is 0 Å². The van der Waals surface area contributed by atoms with E-state index in [2.05, 4.69) is 71.8 Å². The lowest BCUT2D eigenvalue weighted by atomic mass is 10.0. The number of rotatable bonds is 6. The van der Waals surface area contributed by atoms with Crippen molar-refractivity contribution < 1.29 is 4.74 Å². The van der Waals surface area contributed by atoms with Crippen LogP contribution in [-0.4, -0.2) is 55.0 Å². The van der Waals surface area contributed by atoms with Crippen molar-refractivity contribution in [2.75, 3.05) is 21.2 Å². The highest BCUT2D eigenvalue weighted by molar-refractivity contribution is 8.16. The zero-order valence-corrected chi connectivity index (χ0v) is 19.3. The summed E-state index contributed by atoms with van der Waals surface area (Å²) >= 11 is 1.64. The molecule has 6 heteroatoms. The van der Waals surface area contributed by atoms with Crippen LogP contribution in [0.25, 0.3) is 5.57 Å². The van der Waals surface area contributed by atoms with Gasteiger partial charge in [-0.05, 0) is 70.3 Å². The van der Waals surface area contributed by atoms with E-state index >= 15 is 0 Å². The summed E-state index contributed by atoms with van der Waals surface area (Å²) in [4.78, 5) is 2.52. The van der Waals surface area contributed by atoms with Crippen molar-refractivity contribution in [3.05, 3.63) is 34.7 Å². The lowest BCUT2D eigenvalue weighted by Crippen LogP contribution is -2.40. The first kappa shape index (κ1) is 22.1. The Morgan fingerprint density at radius 2 is 2.00 bits per heavy atom. The summed E-state index contributed by atoms with van der Waals surface area (Å²) < 4.78 is 5.57. The zero-order chi connectivity index (χ0) is 21.0. The zero-order valence-electron chi connectivity index (χ0n) is 18.5. The standard InChI is InChI=1S/C23H34N4OS/c1-15-7-10-21(22(11-15)28-6)16(2)14-29-23(17(3)24-4)26-25-18-12-19-8-9-20(13-18)27(19)5/h7,10-11,14,17,19-20,24H,8-9,12-13H2,1-6H3/b16-14+,25-18?,26-23+/t17-,19?,20?/m1/s1. The van der Waals surface area contributed by atoms with Gasteiger partial charge >= 0.3 is 0 Å². The van der Waals surface area contributed by atoms with E-state index in [0.717, 1.165) is 34.8 Å². The number of aryl methyl sites for hydroxylation is 1. The second-order valence-electron chi connectivity index (χ2n) is 8.20. The van der Waals surface area contributed by atoms with E-state index in [9.17, 15) is 0 Å². The molecular weight excluding hydrogens is 380 g/mol. The minimum absolute atomic E-state index is 0.149. The van der Waals surface area contributed by atoms with Crippen LogP contribution in [0.5, 0.6) is 5.75 Å². The van der Waals surface area contributed by atoms with Crippen LogP contribution in [0.15, 0.2) is 33.8 Å². The molecule has 3 atom stereocenters. The van der Waals surface area contributed by atoms with Crippen LogP contribution in [0.2, 0.25) is 0 Å². The number of nitrogens with zero attached hydrogens (tertiary/aromatic N) is 3. The van der Waals surface area contributed by atoms with E-state index in [1.165, 1.54) is 24.1 Å². The van der Waals surface area contributed by atoms with Crippen LogP contribution >= 0.6 is 11.8 Å². The summed E-state index contributed by atoms with van der Waals surface area (Å²) in [5, 5.41) is 15.8. The number of allylic oxidation sites excluding steroid dienone is 1. The average Bonchev–Trinajstić information content (AvgIpc) is 2.93. The van der Waals surface area contributed by atoms with Gasteiger partial charge in [0, 0.05) is 36.2 Å². The molecule has 2 saturated heterocycles. The quantitative estimate of drug-likeness (QED) is 0.416. The van der Waals surface area contributed by atoms with E-state index in [1.54, 1.807) is 18.9 Å². The SMILES string of the molecule is CN[C@H](C)/C(=N\N=C1CC2CCC(C1)N2C)S/C=C(\C)c1ccc(C)cc1OC. The molecule has 2 fully saturated rings. The highest BCUT2D eigenvalue weighted by Crippen LogP contribution is 2.33. The molecule has 2 unspecified atom stereocenters. The summed E-state index contributed by atoms with van der Waals surface area (Å²) in [6, 6.07) is 7.76. The summed E-state index contributed by atoms with van der Waals surface area (Å²) in [6.45, 7) is 6.32. The molecule has 3 rings (SSSR count). The topological polar surface area (TPSA) is 49.2 Å². The van der Waals surface area contributed by atoms with Crippen molar-refractivity contribution in [1.29, 1.82) is 0 Å². The van der Waals surface area contributed by atoms with Crippen LogP contribution in [0.3, 0.4) is 0 Å². The third-order valence-electron chi connectivity index (χ3n) is 6.16. The van der Waals surface area contributed by atoms with Crippen molar-refractivity contribution in [3.8, 4) is 5.75 Å². The van der Waals surface area contributed by atoms with Gasteiger partial charge < -0.3 is 10.1 Å². The monoisotopic (exact) mass is 414 g/mol. The number of thioether (sulfide) groups is 1. The first-order valence-corrected chi connectivity index (χ1v) is 11.3. The maximum absolute atomic E-state index is 5.57. The molecule has 0 amide bonds. The molecule has 1 aromatic carbocycles. The van der Waals surface area contributed by atoms with E-state index in [4.69, 9.17) is 4.74 Å². The third kappa shape index (κ3) is 5.30. The minimum atomic E-state index is 0.149. The van der Waals surface area contributed by atoms with Gasteiger partial charge in [-0.15, -0.1) is 5.10 Å². The fraction of sp³-hybridized carbons (Fsp3) is 0.565. The molecule has 158 valence electrons. The van der Waals surface area contributed by atoms with Gasteiger partial charge in [0.2, 0.25) is 0 Å². The first-order valence-electron chi connectivity index (χ1n) is 10.4. The highest BCUT2D eigenvalue weighted by Gasteiger charge is 2.36. The summed E-state index contributed by atoms with van der Waals surface area (Å²) in [5.41, 5.74) is 4.71. The predicted molar refractivity (Wildman–Crippen MR) is 126 cm³/mol. The number of fused-ring (bicyclic) bond motifs is 2. The number of ether oxygens (including phenoxy) is 1. The number of hydrogen-bond acceptors (Lipinski definition) is 6. The van der Waals surface area contributed by atoms with Gasteiger partial charge in [0.15, 0.2) is 0 Å². The van der Waals surface area contributed by atoms with Crippen molar-refractivity contribution in [2.24, 2.45) is 10.2 Å². The van der Waals surface area contributed by atoms with Crippen LogP contribution in [0, 0.1) is 6.92 Å². The van der Waals surface area contributed by atoms with E-state index in [0.29, 0.717) is 12.1 Å². The fourth-order valence-electron chi connectivity index (χ4n) is 4.08. The van der Waals surface area contributed by atoms with Gasteiger partial charge in [-0.3, -0.25) is 4.90 Å². The molecule has 2 heterocycles. The van der Waals surface area contributed by atoms with Crippen molar-refractivity contribution in [2.45, 2.75) is 64.6 Å². The average molecular weight is 415 g/mol. The Bertz CT molecular complexity index is 801. The Hall–Kier alpha value is -1.63. The lowest BCUT2D eigenvalue weighted by molar-refractivity contribution is 0.231. The predicted octanol–water partition coefficient (Wildman–Crippen LogP) is 4.72. The van der Waals surface area contributed by atoms with Crippen molar-refractivity contribution in [3.63, 3.8) is 0 Å². The Balaban J connectivity index is 1.77.